The predicted molar refractivity (Wildman–Crippen MR) is 81.2 cm³/mol. The quantitative estimate of drug-likeness (QED) is 0.826. The summed E-state index contributed by atoms with van der Waals surface area (Å²) in [4.78, 5) is 0. The summed E-state index contributed by atoms with van der Waals surface area (Å²) in [6.45, 7) is 6.66. The van der Waals surface area contributed by atoms with Crippen molar-refractivity contribution in [3.05, 3.63) is 35.4 Å². The van der Waals surface area contributed by atoms with Crippen LogP contribution in [-0.2, 0) is 6.42 Å². The number of benzene rings is 1. The van der Waals surface area contributed by atoms with Crippen molar-refractivity contribution in [1.82, 2.24) is 0 Å². The molecule has 0 amide bonds. The van der Waals surface area contributed by atoms with E-state index in [0.29, 0.717) is 5.92 Å². The molecular formula is C18H28O. The van der Waals surface area contributed by atoms with Crippen molar-refractivity contribution in [3.63, 3.8) is 0 Å². The third kappa shape index (κ3) is 3.60. The van der Waals surface area contributed by atoms with Gasteiger partial charge >= 0.3 is 0 Å². The average molecular weight is 260 g/mol. The highest BCUT2D eigenvalue weighted by molar-refractivity contribution is 5.22. The lowest BCUT2D eigenvalue weighted by molar-refractivity contribution is 0.0134. The van der Waals surface area contributed by atoms with Crippen LogP contribution in [0, 0.1) is 18.3 Å². The number of aryl methyl sites for hydroxylation is 1. The molecule has 1 aliphatic rings. The fourth-order valence-corrected chi connectivity index (χ4v) is 3.73. The maximum absolute atomic E-state index is 10.8. The molecule has 1 aliphatic carbocycles. The zero-order valence-corrected chi connectivity index (χ0v) is 12.7. The molecule has 0 bridgehead atoms. The summed E-state index contributed by atoms with van der Waals surface area (Å²) in [6, 6.07) is 8.62. The third-order valence-electron chi connectivity index (χ3n) is 4.67. The molecule has 1 heteroatoms. The van der Waals surface area contributed by atoms with Crippen molar-refractivity contribution in [1.29, 1.82) is 0 Å². The first kappa shape index (κ1) is 14.6. The van der Waals surface area contributed by atoms with Gasteiger partial charge in [0.05, 0.1) is 6.10 Å². The maximum atomic E-state index is 10.8. The molecule has 1 saturated carbocycles. The lowest BCUT2D eigenvalue weighted by atomic mass is 9.72. The molecule has 1 unspecified atom stereocenters. The van der Waals surface area contributed by atoms with Gasteiger partial charge in [0.1, 0.15) is 0 Å². The highest BCUT2D eigenvalue weighted by atomic mass is 16.3. The van der Waals surface area contributed by atoms with Crippen LogP contribution in [0.5, 0.6) is 0 Å². The average Bonchev–Trinajstić information content (AvgIpc) is 2.81. The Morgan fingerprint density at radius 3 is 2.21 bits per heavy atom. The molecule has 1 N–H and O–H groups in total. The van der Waals surface area contributed by atoms with Gasteiger partial charge in [-0.2, -0.15) is 0 Å². The molecule has 1 fully saturated rings. The summed E-state index contributed by atoms with van der Waals surface area (Å²) in [5, 5.41) is 10.8. The standard InChI is InChI=1S/C18H28O/c1-14(2)13-18(10-4-5-11-18)17(19)12-16-8-6-15(3)7-9-16/h6-9,14,17,19H,4-5,10-13H2,1-3H3. The smallest absolute Gasteiger partial charge is 0.0636 e. The first-order valence-corrected chi connectivity index (χ1v) is 7.75. The molecule has 0 spiro atoms. The Labute approximate surface area is 118 Å². The van der Waals surface area contributed by atoms with E-state index in [2.05, 4.69) is 45.0 Å². The summed E-state index contributed by atoms with van der Waals surface area (Å²) in [5.74, 6) is 0.672. The van der Waals surface area contributed by atoms with E-state index in [1.165, 1.54) is 43.2 Å². The number of hydrogen-bond acceptors (Lipinski definition) is 1. The fraction of sp³-hybridized carbons (Fsp3) is 0.667. The molecular weight excluding hydrogens is 232 g/mol. The molecule has 0 radical (unpaired) electrons. The van der Waals surface area contributed by atoms with Gasteiger partial charge in [-0.05, 0) is 49.5 Å². The highest BCUT2D eigenvalue weighted by Gasteiger charge is 2.40. The lowest BCUT2D eigenvalue weighted by Crippen LogP contribution is -2.35. The second kappa shape index (κ2) is 6.09. The van der Waals surface area contributed by atoms with Crippen LogP contribution in [0.25, 0.3) is 0 Å². The van der Waals surface area contributed by atoms with Gasteiger partial charge in [0.15, 0.2) is 0 Å². The Balaban J connectivity index is 2.07. The summed E-state index contributed by atoms with van der Waals surface area (Å²) in [5.41, 5.74) is 2.74. The zero-order valence-electron chi connectivity index (χ0n) is 12.7. The second-order valence-electron chi connectivity index (χ2n) is 6.87. The van der Waals surface area contributed by atoms with Crippen LogP contribution in [0.3, 0.4) is 0 Å². The summed E-state index contributed by atoms with van der Waals surface area (Å²) in [7, 11) is 0. The Hall–Kier alpha value is -0.820. The molecule has 0 heterocycles. The Morgan fingerprint density at radius 1 is 1.11 bits per heavy atom. The second-order valence-corrected chi connectivity index (χ2v) is 6.87. The van der Waals surface area contributed by atoms with Gasteiger partial charge in [-0.1, -0.05) is 56.5 Å². The molecule has 2 rings (SSSR count). The monoisotopic (exact) mass is 260 g/mol. The number of aliphatic hydroxyl groups excluding tert-OH is 1. The van der Waals surface area contributed by atoms with Crippen molar-refractivity contribution in [2.75, 3.05) is 0 Å². The first-order chi connectivity index (χ1) is 9.02. The highest BCUT2D eigenvalue weighted by Crippen LogP contribution is 2.46. The van der Waals surface area contributed by atoms with Crippen LogP contribution in [-0.4, -0.2) is 11.2 Å². The molecule has 1 nitrogen and oxygen atoms in total. The van der Waals surface area contributed by atoms with Gasteiger partial charge in [-0.15, -0.1) is 0 Å². The van der Waals surface area contributed by atoms with Gasteiger partial charge in [-0.3, -0.25) is 0 Å². The largest absolute Gasteiger partial charge is 0.392 e. The van der Waals surface area contributed by atoms with Gasteiger partial charge in [0, 0.05) is 0 Å². The van der Waals surface area contributed by atoms with E-state index >= 15 is 0 Å². The predicted octanol–water partition coefficient (Wildman–Crippen LogP) is 4.50. The van der Waals surface area contributed by atoms with Crippen molar-refractivity contribution in [2.24, 2.45) is 11.3 Å². The molecule has 0 aromatic heterocycles. The SMILES string of the molecule is Cc1ccc(CC(O)C2(CC(C)C)CCCC2)cc1. The minimum atomic E-state index is -0.180. The number of rotatable bonds is 5. The molecule has 1 aromatic rings. The van der Waals surface area contributed by atoms with Gasteiger partial charge in [0.25, 0.3) is 0 Å². The van der Waals surface area contributed by atoms with E-state index in [-0.39, 0.29) is 11.5 Å². The lowest BCUT2D eigenvalue weighted by Gasteiger charge is -2.36. The third-order valence-corrected chi connectivity index (χ3v) is 4.67. The van der Waals surface area contributed by atoms with Gasteiger partial charge in [-0.25, -0.2) is 0 Å². The molecule has 1 aromatic carbocycles. The van der Waals surface area contributed by atoms with Crippen molar-refractivity contribution >= 4 is 0 Å². The molecule has 0 aliphatic heterocycles. The number of hydrogen-bond donors (Lipinski definition) is 1. The van der Waals surface area contributed by atoms with Gasteiger partial charge < -0.3 is 5.11 Å². The topological polar surface area (TPSA) is 20.2 Å². The van der Waals surface area contributed by atoms with E-state index in [1.54, 1.807) is 0 Å². The van der Waals surface area contributed by atoms with E-state index in [4.69, 9.17) is 0 Å². The molecule has 0 saturated heterocycles. The zero-order chi connectivity index (χ0) is 13.9. The minimum Gasteiger partial charge on any atom is -0.392 e. The van der Waals surface area contributed by atoms with Crippen LogP contribution in [0.1, 0.15) is 57.1 Å². The Bertz CT molecular complexity index is 385. The van der Waals surface area contributed by atoms with Crippen molar-refractivity contribution < 1.29 is 5.11 Å². The fourth-order valence-electron chi connectivity index (χ4n) is 3.73. The minimum absolute atomic E-state index is 0.180. The Morgan fingerprint density at radius 2 is 1.68 bits per heavy atom. The summed E-state index contributed by atoms with van der Waals surface area (Å²) in [6.07, 6.45) is 6.79. The van der Waals surface area contributed by atoms with E-state index in [1.807, 2.05) is 0 Å². The Kier molecular flexibility index (Phi) is 4.67. The summed E-state index contributed by atoms with van der Waals surface area (Å²) >= 11 is 0. The van der Waals surface area contributed by atoms with Crippen LogP contribution in [0.15, 0.2) is 24.3 Å². The molecule has 106 valence electrons. The van der Waals surface area contributed by atoms with E-state index in [0.717, 1.165) is 6.42 Å². The maximum Gasteiger partial charge on any atom is 0.0636 e. The van der Waals surface area contributed by atoms with Crippen molar-refractivity contribution in [3.8, 4) is 0 Å². The van der Waals surface area contributed by atoms with Gasteiger partial charge in [0.2, 0.25) is 0 Å². The van der Waals surface area contributed by atoms with Crippen LogP contribution in [0.4, 0.5) is 0 Å². The molecule has 1 atom stereocenters. The first-order valence-electron chi connectivity index (χ1n) is 7.75. The summed E-state index contributed by atoms with van der Waals surface area (Å²) < 4.78 is 0. The molecule has 19 heavy (non-hydrogen) atoms. The van der Waals surface area contributed by atoms with Crippen LogP contribution < -0.4 is 0 Å². The van der Waals surface area contributed by atoms with E-state index < -0.39 is 0 Å². The normalized spacial score (nSPS) is 19.8. The van der Waals surface area contributed by atoms with Crippen LogP contribution >= 0.6 is 0 Å². The van der Waals surface area contributed by atoms with Crippen molar-refractivity contribution in [2.45, 2.75) is 65.4 Å². The number of aliphatic hydroxyl groups is 1. The van der Waals surface area contributed by atoms with E-state index in [9.17, 15) is 5.11 Å². The van der Waals surface area contributed by atoms with Crippen LogP contribution in [0.2, 0.25) is 0 Å².